The molecule has 14 heavy (non-hydrogen) atoms. The molecule has 0 unspecified atom stereocenters. The van der Waals surface area contributed by atoms with Crippen molar-refractivity contribution in [2.75, 3.05) is 11.5 Å². The van der Waals surface area contributed by atoms with Crippen molar-refractivity contribution in [1.29, 1.82) is 0 Å². The Bertz CT molecular complexity index is 407. The van der Waals surface area contributed by atoms with E-state index in [2.05, 4.69) is 4.99 Å². The lowest BCUT2D eigenvalue weighted by atomic mass is 10.6. The van der Waals surface area contributed by atoms with Crippen LogP contribution in [0.15, 0.2) is 16.1 Å². The molecule has 1 rings (SSSR count). The summed E-state index contributed by atoms with van der Waals surface area (Å²) in [6, 6.07) is 0. The molecule has 0 spiro atoms. The fraction of sp³-hybridized carbons (Fsp3) is 0.429. The number of thioether (sulfide) groups is 1. The topological polar surface area (TPSA) is 83.8 Å². The number of aliphatic imine (C=N–C) groups is 1. The Balaban J connectivity index is 2.90. The van der Waals surface area contributed by atoms with Gasteiger partial charge in [0.25, 0.3) is 0 Å². The number of hydrogen-bond acceptors (Lipinski definition) is 5. The molecule has 0 amide bonds. The van der Waals surface area contributed by atoms with Crippen LogP contribution in [0.3, 0.4) is 0 Å². The van der Waals surface area contributed by atoms with E-state index in [0.29, 0.717) is 11.4 Å². The van der Waals surface area contributed by atoms with Gasteiger partial charge in [0.05, 0.1) is 11.1 Å². The van der Waals surface area contributed by atoms with E-state index in [9.17, 15) is 13.2 Å². The summed E-state index contributed by atoms with van der Waals surface area (Å²) in [6.07, 6.45) is 0. The van der Waals surface area contributed by atoms with Gasteiger partial charge in [0.1, 0.15) is 0 Å². The van der Waals surface area contributed by atoms with Crippen LogP contribution in [0.4, 0.5) is 0 Å². The maximum absolute atomic E-state index is 11.2. The van der Waals surface area contributed by atoms with Crippen molar-refractivity contribution < 1.29 is 18.3 Å². The van der Waals surface area contributed by atoms with Gasteiger partial charge >= 0.3 is 5.97 Å². The van der Waals surface area contributed by atoms with Gasteiger partial charge in [-0.05, 0) is 5.75 Å². The Morgan fingerprint density at radius 2 is 2.29 bits per heavy atom. The van der Waals surface area contributed by atoms with E-state index in [1.807, 2.05) is 6.92 Å². The van der Waals surface area contributed by atoms with E-state index in [-0.39, 0.29) is 0 Å². The normalized spacial score (nSPS) is 18.9. The van der Waals surface area contributed by atoms with Crippen molar-refractivity contribution in [3.8, 4) is 0 Å². The Kier molecular flexibility index (Phi) is 3.33. The largest absolute Gasteiger partial charge is 0.476 e. The number of rotatable bonds is 4. The molecule has 1 aliphatic rings. The number of carbonyl (C=O) groups is 1. The second-order valence-corrected chi connectivity index (χ2v) is 5.50. The van der Waals surface area contributed by atoms with Crippen molar-refractivity contribution in [3.63, 3.8) is 0 Å². The van der Waals surface area contributed by atoms with Crippen LogP contribution in [-0.4, -0.2) is 36.0 Å². The zero-order valence-electron chi connectivity index (χ0n) is 7.43. The molecule has 0 aromatic carbocycles. The van der Waals surface area contributed by atoms with Gasteiger partial charge in [-0.2, -0.15) is 11.8 Å². The van der Waals surface area contributed by atoms with Gasteiger partial charge in [-0.25, -0.2) is 18.2 Å². The van der Waals surface area contributed by atoms with Crippen LogP contribution in [0.2, 0.25) is 0 Å². The van der Waals surface area contributed by atoms with E-state index in [1.165, 1.54) is 11.8 Å². The molecule has 0 aliphatic carbocycles. The predicted molar refractivity (Wildman–Crippen MR) is 55.1 cm³/mol. The molecule has 0 aromatic heterocycles. The number of sulfone groups is 1. The summed E-state index contributed by atoms with van der Waals surface area (Å²) in [4.78, 5) is 14.0. The first-order chi connectivity index (χ1) is 6.47. The molecule has 7 heteroatoms. The minimum absolute atomic E-state index is 0.300. The summed E-state index contributed by atoms with van der Waals surface area (Å²) in [5.41, 5.74) is 0.300. The van der Waals surface area contributed by atoms with Crippen LogP contribution in [0.1, 0.15) is 6.92 Å². The summed E-state index contributed by atoms with van der Waals surface area (Å²) < 4.78 is 22.4. The molecule has 5 nitrogen and oxygen atoms in total. The predicted octanol–water partition coefficient (Wildman–Crippen LogP) is 0.492. The van der Waals surface area contributed by atoms with Crippen molar-refractivity contribution in [1.82, 2.24) is 0 Å². The highest BCUT2D eigenvalue weighted by Crippen LogP contribution is 2.18. The van der Waals surface area contributed by atoms with E-state index in [4.69, 9.17) is 5.11 Å². The molecule has 0 saturated carbocycles. The zero-order valence-corrected chi connectivity index (χ0v) is 9.06. The third-order valence-corrected chi connectivity index (χ3v) is 3.74. The Morgan fingerprint density at radius 1 is 1.64 bits per heavy atom. The van der Waals surface area contributed by atoms with E-state index in [1.54, 1.807) is 0 Å². The molecule has 0 bridgehead atoms. The molecule has 1 aliphatic heterocycles. The second kappa shape index (κ2) is 4.14. The van der Waals surface area contributed by atoms with Crippen molar-refractivity contribution in [2.45, 2.75) is 6.92 Å². The SMILES string of the molecule is CCSCC1=CS(=O)(=O)C(C(=O)O)=N1. The molecule has 1 N–H and O–H groups in total. The number of hydrogen-bond donors (Lipinski definition) is 1. The van der Waals surface area contributed by atoms with Gasteiger partial charge in [0.2, 0.25) is 14.9 Å². The average molecular weight is 235 g/mol. The van der Waals surface area contributed by atoms with Crippen molar-refractivity contribution in [2.24, 2.45) is 4.99 Å². The fourth-order valence-electron chi connectivity index (χ4n) is 0.898. The summed E-state index contributed by atoms with van der Waals surface area (Å²) in [5.74, 6) is -0.250. The van der Waals surface area contributed by atoms with Crippen molar-refractivity contribution >= 4 is 32.6 Å². The minimum Gasteiger partial charge on any atom is -0.476 e. The monoisotopic (exact) mass is 235 g/mol. The minimum atomic E-state index is -3.79. The first kappa shape index (κ1) is 11.3. The Labute approximate surface area is 85.8 Å². The third kappa shape index (κ3) is 2.36. The molecule has 0 radical (unpaired) electrons. The second-order valence-electron chi connectivity index (χ2n) is 2.51. The summed E-state index contributed by atoms with van der Waals surface area (Å²) in [7, 11) is -3.79. The Hall–Kier alpha value is -0.820. The fourth-order valence-corrected chi connectivity index (χ4v) is 2.66. The van der Waals surface area contributed by atoms with Gasteiger partial charge in [0.15, 0.2) is 0 Å². The molecule has 0 saturated heterocycles. The highest BCUT2D eigenvalue weighted by Gasteiger charge is 2.30. The van der Waals surface area contributed by atoms with Gasteiger partial charge in [0, 0.05) is 5.75 Å². The zero-order chi connectivity index (χ0) is 10.8. The van der Waals surface area contributed by atoms with Crippen molar-refractivity contribution in [3.05, 3.63) is 11.1 Å². The first-order valence-electron chi connectivity index (χ1n) is 3.82. The quantitative estimate of drug-likeness (QED) is 0.766. The Morgan fingerprint density at radius 3 is 2.71 bits per heavy atom. The molecule has 78 valence electrons. The molecule has 0 aromatic rings. The maximum atomic E-state index is 11.2. The summed E-state index contributed by atoms with van der Waals surface area (Å²) in [6.45, 7) is 1.93. The van der Waals surface area contributed by atoms with Crippen LogP contribution in [-0.2, 0) is 14.6 Å². The number of nitrogens with zero attached hydrogens (tertiary/aromatic N) is 1. The molecular formula is C7H9NO4S2. The smallest absolute Gasteiger partial charge is 0.366 e. The van der Waals surface area contributed by atoms with E-state index < -0.39 is 20.9 Å². The number of carboxylic acids is 1. The lowest BCUT2D eigenvalue weighted by Crippen LogP contribution is -2.19. The average Bonchev–Trinajstić information content (AvgIpc) is 2.37. The standard InChI is InChI=1S/C7H9NO4S2/c1-2-13-3-5-4-14(11,12)6(8-5)7(9)10/h4H,2-3H2,1H3,(H,9,10). The number of aliphatic carboxylic acids is 1. The van der Waals surface area contributed by atoms with Crippen LogP contribution in [0, 0.1) is 0 Å². The molecular weight excluding hydrogens is 226 g/mol. The van der Waals surface area contributed by atoms with Crippen LogP contribution in [0.25, 0.3) is 0 Å². The van der Waals surface area contributed by atoms with Gasteiger partial charge in [-0.15, -0.1) is 0 Å². The van der Waals surface area contributed by atoms with Crippen LogP contribution < -0.4 is 0 Å². The summed E-state index contributed by atoms with van der Waals surface area (Å²) in [5, 5.41) is 8.68. The molecule has 0 fully saturated rings. The van der Waals surface area contributed by atoms with Gasteiger partial charge in [-0.3, -0.25) is 0 Å². The third-order valence-electron chi connectivity index (χ3n) is 1.44. The maximum Gasteiger partial charge on any atom is 0.366 e. The molecule has 0 atom stereocenters. The van der Waals surface area contributed by atoms with E-state index in [0.717, 1.165) is 11.2 Å². The highest BCUT2D eigenvalue weighted by atomic mass is 32.2. The number of carboxylic acid groups (broad SMARTS) is 1. The van der Waals surface area contributed by atoms with Crippen LogP contribution >= 0.6 is 11.8 Å². The van der Waals surface area contributed by atoms with Crippen LogP contribution in [0.5, 0.6) is 0 Å². The van der Waals surface area contributed by atoms with Gasteiger partial charge in [-0.1, -0.05) is 6.92 Å². The van der Waals surface area contributed by atoms with E-state index >= 15 is 0 Å². The van der Waals surface area contributed by atoms with Gasteiger partial charge < -0.3 is 5.11 Å². The lowest BCUT2D eigenvalue weighted by Gasteiger charge is -1.93. The molecule has 1 heterocycles. The summed E-state index contributed by atoms with van der Waals surface area (Å²) >= 11 is 1.49. The first-order valence-corrected chi connectivity index (χ1v) is 6.53. The highest BCUT2D eigenvalue weighted by molar-refractivity contribution is 8.11. The lowest BCUT2D eigenvalue weighted by molar-refractivity contribution is -0.129.